The van der Waals surface area contributed by atoms with E-state index in [1.165, 1.54) is 36.0 Å². The molecule has 0 aromatic heterocycles. The summed E-state index contributed by atoms with van der Waals surface area (Å²) in [6.07, 6.45) is 0.970. The van der Waals surface area contributed by atoms with E-state index in [1.807, 2.05) is 0 Å². The summed E-state index contributed by atoms with van der Waals surface area (Å²) in [6.45, 7) is -0.148. The first-order valence-corrected chi connectivity index (χ1v) is 11.6. The Bertz CT molecular complexity index is 905. The lowest BCUT2D eigenvalue weighted by molar-refractivity contribution is -0.119. The molecule has 10 heteroatoms. The second-order valence-electron chi connectivity index (χ2n) is 5.85. The minimum Gasteiger partial charge on any atom is -0.354 e. The van der Waals surface area contributed by atoms with E-state index in [-0.39, 0.29) is 18.0 Å². The lowest BCUT2D eigenvalue weighted by Crippen LogP contribution is -2.41. The number of anilines is 1. The van der Waals surface area contributed by atoms with Gasteiger partial charge in [0, 0.05) is 28.6 Å². The van der Waals surface area contributed by atoms with Crippen LogP contribution in [0.25, 0.3) is 0 Å². The summed E-state index contributed by atoms with van der Waals surface area (Å²) in [5, 5.41) is 2.96. The Balaban J connectivity index is 1.84. The number of thioether (sulfide) groups is 1. The molecule has 0 fully saturated rings. The summed E-state index contributed by atoms with van der Waals surface area (Å²) in [5.41, 5.74) is 0.600. The zero-order valence-corrected chi connectivity index (χ0v) is 17.4. The largest absolute Gasteiger partial charge is 0.354 e. The fourth-order valence-electron chi connectivity index (χ4n) is 2.30. The van der Waals surface area contributed by atoms with Gasteiger partial charge in [-0.25, -0.2) is 17.2 Å². The van der Waals surface area contributed by atoms with Crippen LogP contribution in [-0.2, 0) is 20.6 Å². The average molecular weight is 449 g/mol. The van der Waals surface area contributed by atoms with Crippen LogP contribution in [0.1, 0.15) is 5.56 Å². The molecule has 0 radical (unpaired) electrons. The van der Waals surface area contributed by atoms with Gasteiger partial charge in [0.15, 0.2) is 0 Å². The van der Waals surface area contributed by atoms with E-state index in [1.54, 1.807) is 6.07 Å². The molecule has 2 rings (SSSR count). The molecule has 0 aliphatic rings. The van der Waals surface area contributed by atoms with Gasteiger partial charge in [-0.1, -0.05) is 17.7 Å². The van der Waals surface area contributed by atoms with Gasteiger partial charge in [0.25, 0.3) is 0 Å². The van der Waals surface area contributed by atoms with Gasteiger partial charge in [0.2, 0.25) is 15.9 Å². The lowest BCUT2D eigenvalue weighted by atomic mass is 10.2. The van der Waals surface area contributed by atoms with Crippen molar-refractivity contribution in [2.75, 3.05) is 29.4 Å². The standard InChI is InChI=1S/C18H19ClF2N2O3S2/c1-28(25,26)23(14-7-5-13(20)6-8-14)11-18(24)22-9-10-27-12-15-16(19)3-2-4-17(15)21/h2-8H,9-12H2,1H3,(H,22,24). The molecule has 0 saturated heterocycles. The van der Waals surface area contributed by atoms with Crippen molar-refractivity contribution in [1.82, 2.24) is 5.32 Å². The lowest BCUT2D eigenvalue weighted by Gasteiger charge is -2.21. The third kappa shape index (κ3) is 6.65. The number of rotatable bonds is 9. The van der Waals surface area contributed by atoms with Crippen molar-refractivity contribution in [2.24, 2.45) is 0 Å². The van der Waals surface area contributed by atoms with Gasteiger partial charge in [-0.2, -0.15) is 11.8 Å². The number of benzene rings is 2. The van der Waals surface area contributed by atoms with Gasteiger partial charge >= 0.3 is 0 Å². The minimum atomic E-state index is -3.72. The van der Waals surface area contributed by atoms with Crippen molar-refractivity contribution >= 4 is 45.0 Å². The topological polar surface area (TPSA) is 66.5 Å². The van der Waals surface area contributed by atoms with Crippen molar-refractivity contribution in [3.8, 4) is 0 Å². The predicted molar refractivity (Wildman–Crippen MR) is 109 cm³/mol. The van der Waals surface area contributed by atoms with Crippen LogP contribution in [0.2, 0.25) is 5.02 Å². The van der Waals surface area contributed by atoms with Gasteiger partial charge < -0.3 is 5.32 Å². The molecule has 152 valence electrons. The highest BCUT2D eigenvalue weighted by atomic mass is 35.5. The maximum atomic E-state index is 13.7. The number of hydrogen-bond donors (Lipinski definition) is 1. The predicted octanol–water partition coefficient (Wildman–Crippen LogP) is 3.43. The first kappa shape index (κ1) is 22.4. The molecule has 1 N–H and O–H groups in total. The van der Waals surface area contributed by atoms with Crippen LogP contribution >= 0.6 is 23.4 Å². The number of nitrogens with one attached hydrogen (secondary N) is 1. The van der Waals surface area contributed by atoms with E-state index in [0.717, 1.165) is 22.7 Å². The third-order valence-corrected chi connectivity index (χ3v) is 6.16. The van der Waals surface area contributed by atoms with Gasteiger partial charge in [-0.05, 0) is 36.4 Å². The van der Waals surface area contributed by atoms with Gasteiger partial charge in [0.05, 0.1) is 11.9 Å². The molecule has 0 spiro atoms. The van der Waals surface area contributed by atoms with Gasteiger partial charge in [0.1, 0.15) is 18.2 Å². The van der Waals surface area contributed by atoms with E-state index >= 15 is 0 Å². The molecule has 0 aliphatic heterocycles. The van der Waals surface area contributed by atoms with E-state index in [9.17, 15) is 22.0 Å². The molecule has 0 saturated carbocycles. The van der Waals surface area contributed by atoms with Crippen molar-refractivity contribution in [1.29, 1.82) is 0 Å². The van der Waals surface area contributed by atoms with Gasteiger partial charge in [-0.15, -0.1) is 0 Å². The SMILES string of the molecule is CS(=O)(=O)N(CC(=O)NCCSCc1c(F)cccc1Cl)c1ccc(F)cc1. The molecule has 0 unspecified atom stereocenters. The summed E-state index contributed by atoms with van der Waals surface area (Å²) in [5.74, 6) is -0.543. The molecule has 0 bridgehead atoms. The maximum absolute atomic E-state index is 13.7. The molecule has 0 aliphatic carbocycles. The molecule has 0 atom stereocenters. The van der Waals surface area contributed by atoms with Crippen LogP contribution in [0.3, 0.4) is 0 Å². The molecule has 2 aromatic rings. The highest BCUT2D eigenvalue weighted by Gasteiger charge is 2.20. The van der Waals surface area contributed by atoms with E-state index in [4.69, 9.17) is 11.6 Å². The van der Waals surface area contributed by atoms with Crippen molar-refractivity contribution in [3.05, 3.63) is 64.7 Å². The minimum absolute atomic E-state index is 0.197. The number of sulfonamides is 1. The molecule has 5 nitrogen and oxygen atoms in total. The summed E-state index contributed by atoms with van der Waals surface area (Å²) in [6, 6.07) is 9.29. The molecule has 0 heterocycles. The van der Waals surface area contributed by atoms with Crippen molar-refractivity contribution in [2.45, 2.75) is 5.75 Å². The van der Waals surface area contributed by atoms with Gasteiger partial charge in [-0.3, -0.25) is 9.10 Å². The van der Waals surface area contributed by atoms with E-state index < -0.39 is 28.3 Å². The van der Waals surface area contributed by atoms with Crippen LogP contribution in [0.4, 0.5) is 14.5 Å². The molecular formula is C18H19ClF2N2O3S2. The monoisotopic (exact) mass is 448 g/mol. The van der Waals surface area contributed by atoms with Crippen LogP contribution in [-0.4, -0.2) is 39.4 Å². The Morgan fingerprint density at radius 2 is 1.86 bits per heavy atom. The summed E-state index contributed by atoms with van der Waals surface area (Å²) < 4.78 is 51.5. The number of carbonyl (C=O) groups is 1. The second-order valence-corrected chi connectivity index (χ2v) is 9.27. The van der Waals surface area contributed by atoms with Crippen LogP contribution in [0, 0.1) is 11.6 Å². The number of halogens is 3. The fourth-order valence-corrected chi connectivity index (χ4v) is 4.35. The van der Waals surface area contributed by atoms with Crippen molar-refractivity contribution < 1.29 is 22.0 Å². The maximum Gasteiger partial charge on any atom is 0.240 e. The zero-order valence-electron chi connectivity index (χ0n) is 15.0. The van der Waals surface area contributed by atoms with E-state index in [2.05, 4.69) is 5.32 Å². The fraction of sp³-hybridized carbons (Fsp3) is 0.278. The number of carbonyl (C=O) groups excluding carboxylic acids is 1. The second kappa shape index (κ2) is 10.1. The van der Waals surface area contributed by atoms with E-state index in [0.29, 0.717) is 22.1 Å². The summed E-state index contributed by atoms with van der Waals surface area (Å²) >= 11 is 7.34. The Morgan fingerprint density at radius 3 is 2.46 bits per heavy atom. The Hall–Kier alpha value is -1.84. The summed E-state index contributed by atoms with van der Waals surface area (Å²) in [4.78, 5) is 12.1. The van der Waals surface area contributed by atoms with Crippen molar-refractivity contribution in [3.63, 3.8) is 0 Å². The normalized spacial score (nSPS) is 11.3. The summed E-state index contributed by atoms with van der Waals surface area (Å²) in [7, 11) is -3.72. The quantitative estimate of drug-likeness (QED) is 0.597. The highest BCUT2D eigenvalue weighted by Crippen LogP contribution is 2.23. The first-order chi connectivity index (χ1) is 13.2. The molecule has 1 amide bonds. The third-order valence-electron chi connectivity index (χ3n) is 3.68. The number of hydrogen-bond acceptors (Lipinski definition) is 4. The Labute approximate surface area is 172 Å². The van der Waals surface area contributed by atoms with Crippen LogP contribution in [0.5, 0.6) is 0 Å². The van der Waals surface area contributed by atoms with Crippen LogP contribution < -0.4 is 9.62 Å². The number of amides is 1. The van der Waals surface area contributed by atoms with Crippen LogP contribution in [0.15, 0.2) is 42.5 Å². The smallest absolute Gasteiger partial charge is 0.240 e. The highest BCUT2D eigenvalue weighted by molar-refractivity contribution is 7.98. The molecule has 28 heavy (non-hydrogen) atoms. The zero-order chi connectivity index (χ0) is 20.7. The average Bonchev–Trinajstić information content (AvgIpc) is 2.61. The molecule has 2 aromatic carbocycles. The Kier molecular flexibility index (Phi) is 8.09. The molecular weight excluding hydrogens is 430 g/mol. The Morgan fingerprint density at radius 1 is 1.18 bits per heavy atom. The first-order valence-electron chi connectivity index (χ1n) is 8.19. The number of nitrogens with zero attached hydrogens (tertiary/aromatic N) is 1.